The van der Waals surface area contributed by atoms with Crippen LogP contribution in [0.15, 0.2) is 24.6 Å². The van der Waals surface area contributed by atoms with Crippen molar-refractivity contribution in [1.82, 2.24) is 4.98 Å². The van der Waals surface area contributed by atoms with E-state index in [0.29, 0.717) is 0 Å². The zero-order chi connectivity index (χ0) is 8.04. The van der Waals surface area contributed by atoms with Gasteiger partial charge >= 0.3 is 0 Å². The summed E-state index contributed by atoms with van der Waals surface area (Å²) < 4.78 is 0. The van der Waals surface area contributed by atoms with Gasteiger partial charge in [0.05, 0.1) is 0 Å². The van der Waals surface area contributed by atoms with Gasteiger partial charge in [-0.15, -0.1) is 13.2 Å². The summed E-state index contributed by atoms with van der Waals surface area (Å²) in [6.07, 6.45) is 1.17. The van der Waals surface area contributed by atoms with Gasteiger partial charge in [0.25, 0.3) is 0 Å². The van der Waals surface area contributed by atoms with Crippen LogP contribution >= 0.6 is 0 Å². The maximum Gasteiger partial charge on any atom is 0.171 e. The second kappa shape index (κ2) is 4.47. The van der Waals surface area contributed by atoms with Crippen molar-refractivity contribution in [2.24, 2.45) is 0 Å². The lowest BCUT2D eigenvalue weighted by atomic mass is 10.5. The third-order valence-corrected chi connectivity index (χ3v) is 4.31. The molecule has 0 saturated heterocycles. The zero-order valence-electron chi connectivity index (χ0n) is 6.98. The van der Waals surface area contributed by atoms with E-state index in [1.54, 1.807) is 0 Å². The van der Waals surface area contributed by atoms with E-state index in [1.807, 2.05) is 11.4 Å². The van der Waals surface area contributed by atoms with Crippen molar-refractivity contribution in [3.63, 3.8) is 0 Å². The largest absolute Gasteiger partial charge is 0.331 e. The minimum absolute atomic E-state index is 1.07. The predicted octanol–water partition coefficient (Wildman–Crippen LogP) is 2.01. The van der Waals surface area contributed by atoms with Crippen LogP contribution in [0.5, 0.6) is 0 Å². The van der Waals surface area contributed by atoms with E-state index in [1.165, 1.54) is 6.42 Å². The Labute approximate surface area is 64.9 Å². The van der Waals surface area contributed by atoms with E-state index in [-0.39, 0.29) is 0 Å². The van der Waals surface area contributed by atoms with E-state index >= 15 is 0 Å². The Balaban J connectivity index is 3.80. The first-order valence-electron chi connectivity index (χ1n) is 3.70. The molecule has 0 aromatic rings. The van der Waals surface area contributed by atoms with E-state index in [2.05, 4.69) is 31.6 Å². The molecule has 0 atom stereocenters. The summed E-state index contributed by atoms with van der Waals surface area (Å²) in [7, 11) is -1.44. The fraction of sp³-hybridized carbons (Fsp3) is 0.500. The maximum absolute atomic E-state index is 3.78. The second-order valence-corrected chi connectivity index (χ2v) is 6.35. The SMILES string of the molecule is C=C[Si](C)(C=C)NCCC. The monoisotopic (exact) mass is 155 g/mol. The molecule has 0 aliphatic carbocycles. The first-order valence-corrected chi connectivity index (χ1v) is 6.36. The Bertz CT molecular complexity index is 112. The number of hydrogen-bond acceptors (Lipinski definition) is 1. The molecule has 0 aromatic carbocycles. The molecule has 0 amide bonds. The Morgan fingerprint density at radius 1 is 1.40 bits per heavy atom. The van der Waals surface area contributed by atoms with Crippen molar-refractivity contribution >= 4 is 8.24 Å². The average Bonchev–Trinajstić information content (AvgIpc) is 2.00. The maximum atomic E-state index is 3.78. The first-order chi connectivity index (χ1) is 4.68. The highest BCUT2D eigenvalue weighted by atomic mass is 28.3. The molecule has 10 heavy (non-hydrogen) atoms. The molecule has 0 heterocycles. The number of hydrogen-bond donors (Lipinski definition) is 1. The van der Waals surface area contributed by atoms with E-state index < -0.39 is 8.24 Å². The van der Waals surface area contributed by atoms with Crippen molar-refractivity contribution < 1.29 is 0 Å². The van der Waals surface area contributed by atoms with Gasteiger partial charge in [0, 0.05) is 0 Å². The van der Waals surface area contributed by atoms with Gasteiger partial charge in [-0.1, -0.05) is 18.3 Å². The van der Waals surface area contributed by atoms with Crippen LogP contribution in [0.2, 0.25) is 6.55 Å². The van der Waals surface area contributed by atoms with Gasteiger partial charge in [-0.2, -0.15) is 0 Å². The average molecular weight is 155 g/mol. The summed E-state index contributed by atoms with van der Waals surface area (Å²) in [5.41, 5.74) is 4.02. The second-order valence-electron chi connectivity index (χ2n) is 2.62. The molecule has 0 aromatic heterocycles. The van der Waals surface area contributed by atoms with Crippen molar-refractivity contribution in [2.75, 3.05) is 6.54 Å². The first kappa shape index (κ1) is 9.66. The number of rotatable bonds is 5. The van der Waals surface area contributed by atoms with Crippen molar-refractivity contribution in [3.8, 4) is 0 Å². The molecule has 0 bridgehead atoms. The summed E-state index contributed by atoms with van der Waals surface area (Å²) in [6.45, 7) is 13.0. The quantitative estimate of drug-likeness (QED) is 0.599. The van der Waals surface area contributed by atoms with Gasteiger partial charge in [-0.05, 0) is 19.5 Å². The molecule has 0 saturated carbocycles. The summed E-state index contributed by atoms with van der Waals surface area (Å²) in [5.74, 6) is 0. The molecule has 0 aliphatic rings. The lowest BCUT2D eigenvalue weighted by molar-refractivity contribution is 0.847. The molecular formula is C8H17NSi. The molecule has 0 aliphatic heterocycles. The van der Waals surface area contributed by atoms with Crippen LogP contribution < -0.4 is 4.98 Å². The summed E-state index contributed by atoms with van der Waals surface area (Å²) in [6, 6.07) is 0. The number of nitrogens with one attached hydrogen (secondary N) is 1. The van der Waals surface area contributed by atoms with Crippen LogP contribution in [-0.2, 0) is 0 Å². The van der Waals surface area contributed by atoms with Crippen LogP contribution in [0.4, 0.5) is 0 Å². The Kier molecular flexibility index (Phi) is 4.32. The van der Waals surface area contributed by atoms with Crippen LogP contribution in [0.3, 0.4) is 0 Å². The Morgan fingerprint density at radius 3 is 2.20 bits per heavy atom. The van der Waals surface area contributed by atoms with Crippen LogP contribution in [0, 0.1) is 0 Å². The predicted molar refractivity (Wildman–Crippen MR) is 50.3 cm³/mol. The highest BCUT2D eigenvalue weighted by Crippen LogP contribution is 1.98. The van der Waals surface area contributed by atoms with Crippen LogP contribution in [0.1, 0.15) is 13.3 Å². The molecule has 1 N–H and O–H groups in total. The summed E-state index contributed by atoms with van der Waals surface area (Å²) >= 11 is 0. The zero-order valence-corrected chi connectivity index (χ0v) is 7.98. The van der Waals surface area contributed by atoms with Gasteiger partial charge in [0.1, 0.15) is 0 Å². The molecule has 1 nitrogen and oxygen atoms in total. The van der Waals surface area contributed by atoms with E-state index in [9.17, 15) is 0 Å². The third-order valence-electron chi connectivity index (χ3n) is 1.60. The fourth-order valence-corrected chi connectivity index (χ4v) is 1.87. The Hall–Kier alpha value is -0.343. The molecule has 0 unspecified atom stereocenters. The van der Waals surface area contributed by atoms with Gasteiger partial charge in [-0.25, -0.2) is 0 Å². The van der Waals surface area contributed by atoms with E-state index in [0.717, 1.165) is 6.54 Å². The molecule has 0 rings (SSSR count). The van der Waals surface area contributed by atoms with Crippen molar-refractivity contribution in [3.05, 3.63) is 24.6 Å². The lowest BCUT2D eigenvalue weighted by Crippen LogP contribution is -2.44. The molecular weight excluding hydrogens is 138 g/mol. The highest BCUT2D eigenvalue weighted by molar-refractivity contribution is 6.85. The molecule has 0 spiro atoms. The van der Waals surface area contributed by atoms with Gasteiger partial charge < -0.3 is 4.98 Å². The molecule has 58 valence electrons. The molecule has 0 radical (unpaired) electrons. The van der Waals surface area contributed by atoms with Gasteiger partial charge in [0.2, 0.25) is 0 Å². The van der Waals surface area contributed by atoms with Gasteiger partial charge in [0.15, 0.2) is 8.24 Å². The standard InChI is InChI=1S/C8H17NSi/c1-5-8-9-10(4,6-2)7-3/h6-7,9H,2-3,5,8H2,1,4H3. The van der Waals surface area contributed by atoms with Crippen molar-refractivity contribution in [2.45, 2.75) is 19.9 Å². The minimum atomic E-state index is -1.44. The van der Waals surface area contributed by atoms with Crippen LogP contribution in [-0.4, -0.2) is 14.8 Å². The smallest absolute Gasteiger partial charge is 0.171 e. The van der Waals surface area contributed by atoms with Crippen LogP contribution in [0.25, 0.3) is 0 Å². The van der Waals surface area contributed by atoms with Crippen molar-refractivity contribution in [1.29, 1.82) is 0 Å². The van der Waals surface area contributed by atoms with Gasteiger partial charge in [-0.3, -0.25) is 0 Å². The molecule has 2 heteroatoms. The summed E-state index contributed by atoms with van der Waals surface area (Å²) in [4.78, 5) is 3.45. The third kappa shape index (κ3) is 2.99. The minimum Gasteiger partial charge on any atom is -0.331 e. The lowest BCUT2D eigenvalue weighted by Gasteiger charge is -2.19. The highest BCUT2D eigenvalue weighted by Gasteiger charge is 2.16. The van der Waals surface area contributed by atoms with E-state index in [4.69, 9.17) is 0 Å². The summed E-state index contributed by atoms with van der Waals surface area (Å²) in [5, 5.41) is 0. The normalized spacial score (nSPS) is 11.0. The fourth-order valence-electron chi connectivity index (χ4n) is 0.622. The topological polar surface area (TPSA) is 12.0 Å². The Morgan fingerprint density at radius 2 is 1.90 bits per heavy atom. The molecule has 0 fully saturated rings.